The highest BCUT2D eigenvalue weighted by Gasteiger charge is 2.28. The number of benzene rings is 2. The van der Waals surface area contributed by atoms with Crippen LogP contribution in [-0.2, 0) is 21.3 Å². The Hall–Kier alpha value is -2.42. The third-order valence-electron chi connectivity index (χ3n) is 4.81. The first-order valence-corrected chi connectivity index (χ1v) is 10.4. The van der Waals surface area contributed by atoms with Crippen LogP contribution >= 0.6 is 0 Å². The molecule has 0 radical (unpaired) electrons. The maximum absolute atomic E-state index is 12.8. The Morgan fingerprint density at radius 1 is 0.929 bits per heavy atom. The van der Waals surface area contributed by atoms with Gasteiger partial charge in [-0.3, -0.25) is 4.90 Å². The van der Waals surface area contributed by atoms with E-state index in [1.54, 1.807) is 43.5 Å². The van der Waals surface area contributed by atoms with E-state index in [2.05, 4.69) is 4.90 Å². The van der Waals surface area contributed by atoms with Crippen molar-refractivity contribution in [3.63, 3.8) is 0 Å². The molecular formula is C20H24N2O5S. The second kappa shape index (κ2) is 8.72. The number of esters is 1. The number of carbonyl (C=O) groups is 1. The Balaban J connectivity index is 1.58. The van der Waals surface area contributed by atoms with E-state index in [9.17, 15) is 13.2 Å². The van der Waals surface area contributed by atoms with Gasteiger partial charge in [0.1, 0.15) is 5.75 Å². The van der Waals surface area contributed by atoms with Crippen molar-refractivity contribution in [2.75, 3.05) is 40.4 Å². The molecular weight excluding hydrogens is 380 g/mol. The third kappa shape index (κ3) is 4.52. The molecule has 0 spiro atoms. The quantitative estimate of drug-likeness (QED) is 0.686. The summed E-state index contributed by atoms with van der Waals surface area (Å²) in [5.74, 6) is 0.269. The molecule has 1 heterocycles. The van der Waals surface area contributed by atoms with Gasteiger partial charge < -0.3 is 9.47 Å². The standard InChI is InChI=1S/C20H24N2O5S/c1-26-18-7-9-19(10-8-18)28(24,25)22-13-11-21(12-14-22)15-16-3-5-17(6-4-16)20(23)27-2/h3-10H,11-15H2,1-2H3. The minimum absolute atomic E-state index is 0.278. The molecule has 7 nitrogen and oxygen atoms in total. The Bertz CT molecular complexity index is 903. The maximum Gasteiger partial charge on any atom is 0.337 e. The first-order valence-electron chi connectivity index (χ1n) is 8.98. The summed E-state index contributed by atoms with van der Waals surface area (Å²) in [5.41, 5.74) is 1.58. The second-order valence-corrected chi connectivity index (χ2v) is 8.48. The molecule has 2 aromatic rings. The molecule has 0 amide bonds. The highest BCUT2D eigenvalue weighted by molar-refractivity contribution is 7.89. The average molecular weight is 404 g/mol. The van der Waals surface area contributed by atoms with E-state index in [4.69, 9.17) is 9.47 Å². The van der Waals surface area contributed by atoms with Crippen LogP contribution in [0.2, 0.25) is 0 Å². The normalized spacial score (nSPS) is 15.9. The monoisotopic (exact) mass is 404 g/mol. The van der Waals surface area contributed by atoms with Gasteiger partial charge in [0.2, 0.25) is 10.0 Å². The number of methoxy groups -OCH3 is 2. The van der Waals surface area contributed by atoms with Gasteiger partial charge in [-0.1, -0.05) is 12.1 Å². The van der Waals surface area contributed by atoms with Crippen molar-refractivity contribution in [3.8, 4) is 5.75 Å². The molecule has 0 saturated carbocycles. The van der Waals surface area contributed by atoms with E-state index in [0.29, 0.717) is 44.0 Å². The largest absolute Gasteiger partial charge is 0.497 e. The topological polar surface area (TPSA) is 76.2 Å². The summed E-state index contributed by atoms with van der Waals surface area (Å²) in [6.07, 6.45) is 0. The van der Waals surface area contributed by atoms with Crippen molar-refractivity contribution in [2.45, 2.75) is 11.4 Å². The summed E-state index contributed by atoms with van der Waals surface area (Å²) in [5, 5.41) is 0. The molecule has 0 bridgehead atoms. The smallest absolute Gasteiger partial charge is 0.337 e. The number of rotatable bonds is 6. The molecule has 1 aliphatic heterocycles. The van der Waals surface area contributed by atoms with Crippen LogP contribution in [0.25, 0.3) is 0 Å². The molecule has 150 valence electrons. The lowest BCUT2D eigenvalue weighted by Crippen LogP contribution is -2.48. The predicted octanol–water partition coefficient (Wildman–Crippen LogP) is 1.99. The van der Waals surface area contributed by atoms with Crippen LogP contribution in [0.3, 0.4) is 0 Å². The summed E-state index contributed by atoms with van der Waals surface area (Å²) >= 11 is 0. The fourth-order valence-electron chi connectivity index (χ4n) is 3.15. The molecule has 0 atom stereocenters. The van der Waals surface area contributed by atoms with Gasteiger partial charge in [0.15, 0.2) is 0 Å². The molecule has 0 aromatic heterocycles. The molecule has 1 saturated heterocycles. The zero-order valence-electron chi connectivity index (χ0n) is 16.0. The van der Waals surface area contributed by atoms with Crippen molar-refractivity contribution >= 4 is 16.0 Å². The summed E-state index contributed by atoms with van der Waals surface area (Å²) < 4.78 is 36.9. The van der Waals surface area contributed by atoms with Crippen LogP contribution in [0.4, 0.5) is 0 Å². The number of ether oxygens (including phenoxy) is 2. The van der Waals surface area contributed by atoms with Crippen LogP contribution in [0, 0.1) is 0 Å². The first kappa shape index (κ1) is 20.3. The van der Waals surface area contributed by atoms with Gasteiger partial charge in [-0.2, -0.15) is 4.31 Å². The van der Waals surface area contributed by atoms with Gasteiger partial charge in [0, 0.05) is 32.7 Å². The van der Waals surface area contributed by atoms with Crippen molar-refractivity contribution < 1.29 is 22.7 Å². The lowest BCUT2D eigenvalue weighted by Gasteiger charge is -2.34. The fraction of sp³-hybridized carbons (Fsp3) is 0.350. The summed E-state index contributed by atoms with van der Waals surface area (Å²) in [6.45, 7) is 2.88. The number of sulfonamides is 1. The van der Waals surface area contributed by atoms with Gasteiger partial charge >= 0.3 is 5.97 Å². The SMILES string of the molecule is COC(=O)c1ccc(CN2CCN(S(=O)(=O)c3ccc(OC)cc3)CC2)cc1. The predicted molar refractivity (Wildman–Crippen MR) is 105 cm³/mol. The highest BCUT2D eigenvalue weighted by Crippen LogP contribution is 2.21. The number of carbonyl (C=O) groups excluding carboxylic acids is 1. The number of nitrogens with zero attached hydrogens (tertiary/aromatic N) is 2. The van der Waals surface area contributed by atoms with Crippen LogP contribution in [0.15, 0.2) is 53.4 Å². The van der Waals surface area contributed by atoms with E-state index in [0.717, 1.165) is 5.56 Å². The van der Waals surface area contributed by atoms with Gasteiger partial charge in [0.25, 0.3) is 0 Å². The Morgan fingerprint density at radius 3 is 2.07 bits per heavy atom. The van der Waals surface area contributed by atoms with Gasteiger partial charge in [0.05, 0.1) is 24.7 Å². The summed E-state index contributed by atoms with van der Waals surface area (Å²) in [4.78, 5) is 14.0. The van der Waals surface area contributed by atoms with Gasteiger partial charge in [-0.15, -0.1) is 0 Å². The minimum Gasteiger partial charge on any atom is -0.497 e. The van der Waals surface area contributed by atoms with Crippen LogP contribution < -0.4 is 4.74 Å². The lowest BCUT2D eigenvalue weighted by atomic mass is 10.1. The zero-order valence-corrected chi connectivity index (χ0v) is 16.8. The summed E-state index contributed by atoms with van der Waals surface area (Å²) in [6, 6.07) is 13.7. The van der Waals surface area contributed by atoms with Crippen LogP contribution in [0.5, 0.6) is 5.75 Å². The molecule has 3 rings (SSSR count). The second-order valence-electron chi connectivity index (χ2n) is 6.54. The highest BCUT2D eigenvalue weighted by atomic mass is 32.2. The van der Waals surface area contributed by atoms with Crippen LogP contribution in [0.1, 0.15) is 15.9 Å². The van der Waals surface area contributed by atoms with Gasteiger partial charge in [-0.25, -0.2) is 13.2 Å². The van der Waals surface area contributed by atoms with Crippen molar-refractivity contribution in [3.05, 3.63) is 59.7 Å². The number of hydrogen-bond donors (Lipinski definition) is 0. The molecule has 2 aromatic carbocycles. The average Bonchev–Trinajstić information content (AvgIpc) is 2.74. The van der Waals surface area contributed by atoms with E-state index >= 15 is 0 Å². The van der Waals surface area contributed by atoms with Crippen molar-refractivity contribution in [1.29, 1.82) is 0 Å². The van der Waals surface area contributed by atoms with Crippen molar-refractivity contribution in [2.24, 2.45) is 0 Å². The first-order chi connectivity index (χ1) is 13.4. The zero-order chi connectivity index (χ0) is 20.1. The maximum atomic E-state index is 12.8. The van der Waals surface area contributed by atoms with Crippen LogP contribution in [-0.4, -0.2) is 64.0 Å². The number of hydrogen-bond acceptors (Lipinski definition) is 6. The Morgan fingerprint density at radius 2 is 1.54 bits per heavy atom. The van der Waals surface area contributed by atoms with E-state index in [1.165, 1.54) is 11.4 Å². The number of piperazine rings is 1. The Labute approximate surface area is 165 Å². The molecule has 1 fully saturated rings. The fourth-order valence-corrected chi connectivity index (χ4v) is 4.57. The van der Waals surface area contributed by atoms with Gasteiger partial charge in [-0.05, 0) is 42.0 Å². The lowest BCUT2D eigenvalue weighted by molar-refractivity contribution is 0.0600. The molecule has 28 heavy (non-hydrogen) atoms. The molecule has 0 aliphatic carbocycles. The van der Waals surface area contributed by atoms with E-state index in [-0.39, 0.29) is 10.9 Å². The van der Waals surface area contributed by atoms with E-state index in [1.807, 2.05) is 12.1 Å². The molecule has 8 heteroatoms. The molecule has 0 N–H and O–H groups in total. The van der Waals surface area contributed by atoms with Crippen molar-refractivity contribution in [1.82, 2.24) is 9.21 Å². The molecule has 0 unspecified atom stereocenters. The molecule has 1 aliphatic rings. The summed E-state index contributed by atoms with van der Waals surface area (Å²) in [7, 11) is -0.597. The third-order valence-corrected chi connectivity index (χ3v) is 6.72. The minimum atomic E-state index is -3.50. The van der Waals surface area contributed by atoms with E-state index < -0.39 is 10.0 Å². The Kier molecular flexibility index (Phi) is 6.33.